The van der Waals surface area contributed by atoms with Gasteiger partial charge in [0, 0.05) is 16.1 Å². The highest BCUT2D eigenvalue weighted by molar-refractivity contribution is 7.16. The summed E-state index contributed by atoms with van der Waals surface area (Å²) in [5.41, 5.74) is 1.79. The second kappa shape index (κ2) is 8.63. The number of aryl methyl sites for hydroxylation is 1. The van der Waals surface area contributed by atoms with Crippen LogP contribution in [-0.2, 0) is 11.2 Å². The van der Waals surface area contributed by atoms with Gasteiger partial charge in [-0.15, -0.1) is 11.3 Å². The Morgan fingerprint density at radius 3 is 2.57 bits per heavy atom. The molecule has 0 spiro atoms. The van der Waals surface area contributed by atoms with Gasteiger partial charge in [0.15, 0.2) is 5.13 Å². The summed E-state index contributed by atoms with van der Waals surface area (Å²) in [4.78, 5) is 30.8. The molecule has 4 rings (SSSR count). The Morgan fingerprint density at radius 2 is 1.87 bits per heavy atom. The Labute approximate surface area is 187 Å². The third-order valence-electron chi connectivity index (χ3n) is 4.79. The minimum Gasteiger partial charge on any atom is -0.497 e. The molecule has 0 bridgehead atoms. The van der Waals surface area contributed by atoms with Crippen molar-refractivity contribution in [2.24, 2.45) is 0 Å². The van der Waals surface area contributed by atoms with Gasteiger partial charge in [-0.25, -0.2) is 4.98 Å². The van der Waals surface area contributed by atoms with Crippen molar-refractivity contribution < 1.29 is 14.3 Å². The molecule has 0 saturated heterocycles. The second-order valence-electron chi connectivity index (χ2n) is 6.72. The summed E-state index contributed by atoms with van der Waals surface area (Å²) in [6.07, 6.45) is 1.42. The molecule has 9 heteroatoms. The van der Waals surface area contributed by atoms with Gasteiger partial charge in [-0.1, -0.05) is 23.2 Å². The molecule has 2 N–H and O–H groups in total. The lowest BCUT2D eigenvalue weighted by Gasteiger charge is -2.11. The first kappa shape index (κ1) is 20.7. The summed E-state index contributed by atoms with van der Waals surface area (Å²) in [6, 6.07) is 11.8. The number of nitrogens with one attached hydrogen (secondary N) is 2. The Balaban J connectivity index is 1.45. The zero-order valence-corrected chi connectivity index (χ0v) is 18.2. The quantitative estimate of drug-likeness (QED) is 0.534. The third-order valence-corrected chi connectivity index (χ3v) is 6.58. The van der Waals surface area contributed by atoms with Gasteiger partial charge in [-0.3, -0.25) is 14.9 Å². The molecule has 0 fully saturated rings. The van der Waals surface area contributed by atoms with Gasteiger partial charge in [0.25, 0.3) is 5.91 Å². The number of hydrogen-bond donors (Lipinski definition) is 2. The zero-order chi connectivity index (χ0) is 21.3. The number of amides is 2. The third kappa shape index (κ3) is 4.28. The average molecular weight is 462 g/mol. The van der Waals surface area contributed by atoms with Crippen LogP contribution in [0.4, 0.5) is 10.8 Å². The summed E-state index contributed by atoms with van der Waals surface area (Å²) < 4.78 is 5.10. The van der Waals surface area contributed by atoms with Crippen LogP contribution in [0.15, 0.2) is 42.5 Å². The lowest BCUT2D eigenvalue weighted by molar-refractivity contribution is -0.117. The van der Waals surface area contributed by atoms with Gasteiger partial charge < -0.3 is 10.1 Å². The molecule has 2 amide bonds. The number of ether oxygens (including phenoxy) is 1. The SMILES string of the molecule is COc1ccc(C(=O)Nc2nc3c(s2)CCC3C(=O)Nc2ccc(Cl)c(Cl)c2)cc1. The van der Waals surface area contributed by atoms with Gasteiger partial charge in [0.05, 0.1) is 28.8 Å². The van der Waals surface area contributed by atoms with E-state index in [0.717, 1.165) is 11.3 Å². The van der Waals surface area contributed by atoms with Crippen LogP contribution >= 0.6 is 34.5 Å². The molecule has 3 aromatic rings. The average Bonchev–Trinajstić information content (AvgIpc) is 3.31. The summed E-state index contributed by atoms with van der Waals surface area (Å²) in [7, 11) is 1.57. The predicted octanol–water partition coefficient (Wildman–Crippen LogP) is 5.38. The first-order valence-electron chi connectivity index (χ1n) is 9.15. The predicted molar refractivity (Wildman–Crippen MR) is 119 cm³/mol. The second-order valence-corrected chi connectivity index (χ2v) is 8.62. The fourth-order valence-electron chi connectivity index (χ4n) is 3.25. The first-order valence-corrected chi connectivity index (χ1v) is 10.7. The molecular weight excluding hydrogens is 445 g/mol. The van der Waals surface area contributed by atoms with Crippen LogP contribution < -0.4 is 15.4 Å². The number of nitrogens with zero attached hydrogens (tertiary/aromatic N) is 1. The van der Waals surface area contributed by atoms with Crippen molar-refractivity contribution in [3.63, 3.8) is 0 Å². The molecule has 30 heavy (non-hydrogen) atoms. The summed E-state index contributed by atoms with van der Waals surface area (Å²) >= 11 is 13.3. The van der Waals surface area contributed by atoms with E-state index in [1.165, 1.54) is 11.3 Å². The van der Waals surface area contributed by atoms with E-state index in [0.29, 0.717) is 44.3 Å². The Bertz CT molecular complexity index is 1120. The molecular formula is C21H17Cl2N3O3S. The van der Waals surface area contributed by atoms with Crippen molar-refractivity contribution in [1.82, 2.24) is 4.98 Å². The highest BCUT2D eigenvalue weighted by atomic mass is 35.5. The van der Waals surface area contributed by atoms with Crippen molar-refractivity contribution in [3.8, 4) is 5.75 Å². The van der Waals surface area contributed by atoms with Gasteiger partial charge in [0.1, 0.15) is 5.75 Å². The molecule has 154 valence electrons. The van der Waals surface area contributed by atoms with Crippen molar-refractivity contribution in [2.45, 2.75) is 18.8 Å². The fraction of sp³-hybridized carbons (Fsp3) is 0.190. The first-order chi connectivity index (χ1) is 14.4. The summed E-state index contributed by atoms with van der Waals surface area (Å²) in [6.45, 7) is 0. The number of thiazole rings is 1. The molecule has 6 nitrogen and oxygen atoms in total. The van der Waals surface area contributed by atoms with Crippen LogP contribution in [-0.4, -0.2) is 23.9 Å². The minimum atomic E-state index is -0.377. The largest absolute Gasteiger partial charge is 0.497 e. The van der Waals surface area contributed by atoms with E-state index in [1.807, 2.05) is 0 Å². The molecule has 1 unspecified atom stereocenters. The van der Waals surface area contributed by atoms with E-state index >= 15 is 0 Å². The maximum absolute atomic E-state index is 12.8. The number of aromatic nitrogens is 1. The van der Waals surface area contributed by atoms with E-state index in [4.69, 9.17) is 27.9 Å². The van der Waals surface area contributed by atoms with Crippen molar-refractivity contribution in [2.75, 3.05) is 17.7 Å². The Kier molecular flexibility index (Phi) is 5.94. The maximum atomic E-state index is 12.8. The highest BCUT2D eigenvalue weighted by Gasteiger charge is 2.33. The van der Waals surface area contributed by atoms with E-state index in [2.05, 4.69) is 15.6 Å². The van der Waals surface area contributed by atoms with Gasteiger partial charge in [0.2, 0.25) is 5.91 Å². The van der Waals surface area contributed by atoms with Gasteiger partial charge in [-0.2, -0.15) is 0 Å². The topological polar surface area (TPSA) is 80.3 Å². The number of hydrogen-bond acceptors (Lipinski definition) is 5. The lowest BCUT2D eigenvalue weighted by Crippen LogP contribution is -2.20. The Morgan fingerprint density at radius 1 is 1.10 bits per heavy atom. The number of anilines is 2. The van der Waals surface area contributed by atoms with E-state index in [-0.39, 0.29) is 17.7 Å². The van der Waals surface area contributed by atoms with E-state index < -0.39 is 0 Å². The standard InChI is InChI=1S/C21H17Cl2N3O3S/c1-29-13-5-2-11(3-6-13)19(27)26-21-25-18-14(7-9-17(18)30-21)20(28)24-12-4-8-15(22)16(23)10-12/h2-6,8,10,14H,7,9H2,1H3,(H,24,28)(H,25,26,27). The number of carbonyl (C=O) groups is 2. The molecule has 1 aliphatic rings. The monoisotopic (exact) mass is 461 g/mol. The molecule has 2 aromatic carbocycles. The summed E-state index contributed by atoms with van der Waals surface area (Å²) in [5.74, 6) is -0.125. The van der Waals surface area contributed by atoms with Crippen LogP contribution in [0.1, 0.15) is 33.3 Å². The molecule has 0 radical (unpaired) electrons. The number of fused-ring (bicyclic) bond motifs is 1. The van der Waals surface area contributed by atoms with Crippen LogP contribution in [0, 0.1) is 0 Å². The molecule has 0 saturated carbocycles. The van der Waals surface area contributed by atoms with Crippen LogP contribution in [0.3, 0.4) is 0 Å². The van der Waals surface area contributed by atoms with Crippen LogP contribution in [0.2, 0.25) is 10.0 Å². The number of benzene rings is 2. The smallest absolute Gasteiger partial charge is 0.257 e. The normalized spacial score (nSPS) is 14.8. The van der Waals surface area contributed by atoms with Gasteiger partial charge >= 0.3 is 0 Å². The van der Waals surface area contributed by atoms with Crippen molar-refractivity contribution in [1.29, 1.82) is 0 Å². The lowest BCUT2D eigenvalue weighted by atomic mass is 10.1. The van der Waals surface area contributed by atoms with Gasteiger partial charge in [-0.05, 0) is 55.3 Å². The minimum absolute atomic E-state index is 0.162. The summed E-state index contributed by atoms with van der Waals surface area (Å²) in [5, 5.41) is 6.95. The number of carbonyl (C=O) groups excluding carboxylic acids is 2. The highest BCUT2D eigenvalue weighted by Crippen LogP contribution is 2.39. The van der Waals surface area contributed by atoms with E-state index in [9.17, 15) is 9.59 Å². The zero-order valence-electron chi connectivity index (χ0n) is 15.9. The van der Waals surface area contributed by atoms with Crippen LogP contribution in [0.25, 0.3) is 0 Å². The molecule has 1 aliphatic carbocycles. The molecule has 1 atom stereocenters. The van der Waals surface area contributed by atoms with Crippen molar-refractivity contribution in [3.05, 3.63) is 68.6 Å². The fourth-order valence-corrected chi connectivity index (χ4v) is 4.58. The molecule has 1 heterocycles. The maximum Gasteiger partial charge on any atom is 0.257 e. The van der Waals surface area contributed by atoms with Crippen molar-refractivity contribution >= 4 is 57.2 Å². The number of rotatable bonds is 5. The van der Waals surface area contributed by atoms with E-state index in [1.54, 1.807) is 49.6 Å². The number of methoxy groups -OCH3 is 1. The number of halogens is 2. The van der Waals surface area contributed by atoms with Crippen LogP contribution in [0.5, 0.6) is 5.75 Å². The molecule has 1 aromatic heterocycles. The Hall–Kier alpha value is -2.61. The molecule has 0 aliphatic heterocycles.